The summed E-state index contributed by atoms with van der Waals surface area (Å²) in [4.78, 5) is 0. The first kappa shape index (κ1) is 15.2. The summed E-state index contributed by atoms with van der Waals surface area (Å²) in [6.45, 7) is 4.33. The van der Waals surface area contributed by atoms with Crippen LogP contribution in [-0.4, -0.2) is 0 Å². The van der Waals surface area contributed by atoms with E-state index in [1.165, 1.54) is 11.6 Å². The Morgan fingerprint density at radius 1 is 1.10 bits per heavy atom. The number of halogens is 2. The molecule has 2 aromatic carbocycles. The van der Waals surface area contributed by atoms with Gasteiger partial charge >= 0.3 is 0 Å². The van der Waals surface area contributed by atoms with Crippen molar-refractivity contribution in [2.45, 2.75) is 32.2 Å². The second-order valence-electron chi connectivity index (χ2n) is 5.34. The maximum Gasteiger partial charge on any atom is 0.129 e. The van der Waals surface area contributed by atoms with Crippen LogP contribution >= 0.6 is 15.9 Å². The van der Waals surface area contributed by atoms with Gasteiger partial charge < -0.3 is 5.73 Å². The van der Waals surface area contributed by atoms with Crippen molar-refractivity contribution in [3.63, 3.8) is 0 Å². The predicted molar refractivity (Wildman–Crippen MR) is 85.3 cm³/mol. The molecule has 1 nitrogen and oxygen atoms in total. The second-order valence-corrected chi connectivity index (χ2v) is 6.20. The first-order valence-corrected chi connectivity index (χ1v) is 7.56. The van der Waals surface area contributed by atoms with Gasteiger partial charge in [-0.25, -0.2) is 4.39 Å². The van der Waals surface area contributed by atoms with Crippen LogP contribution in [0.25, 0.3) is 0 Å². The van der Waals surface area contributed by atoms with Gasteiger partial charge in [0.15, 0.2) is 0 Å². The van der Waals surface area contributed by atoms with Crippen LogP contribution in [0, 0.1) is 5.82 Å². The van der Waals surface area contributed by atoms with Gasteiger partial charge in [0.05, 0.1) is 0 Å². The standard InChI is InChI=1S/C17H19BrFN/c1-11(2)13-8-6-12(7-9-13)10-16(20)17-14(18)4-3-5-15(17)19/h3-9,11,16H,10,20H2,1-2H3. The van der Waals surface area contributed by atoms with Gasteiger partial charge in [-0.2, -0.15) is 0 Å². The van der Waals surface area contributed by atoms with E-state index in [-0.39, 0.29) is 11.9 Å². The maximum atomic E-state index is 13.9. The summed E-state index contributed by atoms with van der Waals surface area (Å²) < 4.78 is 14.6. The van der Waals surface area contributed by atoms with Gasteiger partial charge in [-0.1, -0.05) is 60.1 Å². The van der Waals surface area contributed by atoms with E-state index in [1.54, 1.807) is 6.07 Å². The quantitative estimate of drug-likeness (QED) is 0.840. The fraction of sp³-hybridized carbons (Fsp3) is 0.294. The van der Waals surface area contributed by atoms with E-state index in [1.807, 2.05) is 6.07 Å². The Labute approximate surface area is 128 Å². The van der Waals surface area contributed by atoms with Gasteiger partial charge in [-0.3, -0.25) is 0 Å². The van der Waals surface area contributed by atoms with Crippen LogP contribution in [0.4, 0.5) is 4.39 Å². The van der Waals surface area contributed by atoms with Crippen LogP contribution in [0.2, 0.25) is 0 Å². The van der Waals surface area contributed by atoms with Gasteiger partial charge in [0.1, 0.15) is 5.82 Å². The Morgan fingerprint density at radius 3 is 2.30 bits per heavy atom. The predicted octanol–water partition coefficient (Wildman–Crippen LogP) is 4.95. The highest BCUT2D eigenvalue weighted by molar-refractivity contribution is 9.10. The molecule has 2 aromatic rings. The fourth-order valence-corrected chi connectivity index (χ4v) is 2.90. The lowest BCUT2D eigenvalue weighted by Crippen LogP contribution is -2.15. The highest BCUT2D eigenvalue weighted by Gasteiger charge is 2.15. The Morgan fingerprint density at radius 2 is 1.75 bits per heavy atom. The Balaban J connectivity index is 2.17. The van der Waals surface area contributed by atoms with Crippen LogP contribution in [-0.2, 0) is 6.42 Å². The third-order valence-electron chi connectivity index (χ3n) is 3.47. The van der Waals surface area contributed by atoms with Crippen molar-refractivity contribution in [2.75, 3.05) is 0 Å². The summed E-state index contributed by atoms with van der Waals surface area (Å²) in [5.74, 6) is 0.254. The fourth-order valence-electron chi connectivity index (χ4n) is 2.26. The summed E-state index contributed by atoms with van der Waals surface area (Å²) in [5, 5.41) is 0. The molecule has 2 N–H and O–H groups in total. The molecule has 1 atom stereocenters. The molecular weight excluding hydrogens is 317 g/mol. The Bertz CT molecular complexity index is 558. The molecule has 0 saturated carbocycles. The first-order valence-electron chi connectivity index (χ1n) is 6.77. The average molecular weight is 336 g/mol. The highest BCUT2D eigenvalue weighted by Crippen LogP contribution is 2.27. The zero-order chi connectivity index (χ0) is 14.7. The molecule has 0 spiro atoms. The van der Waals surface area contributed by atoms with Gasteiger partial charge in [0.2, 0.25) is 0 Å². The SMILES string of the molecule is CC(C)c1ccc(CC(N)c2c(F)cccc2Br)cc1. The topological polar surface area (TPSA) is 26.0 Å². The number of hydrogen-bond donors (Lipinski definition) is 1. The lowest BCUT2D eigenvalue weighted by molar-refractivity contribution is 0.578. The minimum Gasteiger partial charge on any atom is -0.324 e. The molecule has 0 saturated heterocycles. The zero-order valence-electron chi connectivity index (χ0n) is 11.7. The highest BCUT2D eigenvalue weighted by atomic mass is 79.9. The van der Waals surface area contributed by atoms with Crippen molar-refractivity contribution >= 4 is 15.9 Å². The van der Waals surface area contributed by atoms with Crippen molar-refractivity contribution in [1.82, 2.24) is 0 Å². The maximum absolute atomic E-state index is 13.9. The smallest absolute Gasteiger partial charge is 0.129 e. The van der Waals surface area contributed by atoms with Gasteiger partial charge in [-0.15, -0.1) is 0 Å². The minimum absolute atomic E-state index is 0.259. The summed E-state index contributed by atoms with van der Waals surface area (Å²) in [6.07, 6.45) is 0.623. The van der Waals surface area contributed by atoms with Crippen molar-refractivity contribution in [3.8, 4) is 0 Å². The lowest BCUT2D eigenvalue weighted by atomic mass is 9.96. The number of hydrogen-bond acceptors (Lipinski definition) is 1. The van der Waals surface area contributed by atoms with E-state index in [9.17, 15) is 4.39 Å². The third-order valence-corrected chi connectivity index (χ3v) is 4.16. The number of rotatable bonds is 4. The van der Waals surface area contributed by atoms with Gasteiger partial charge in [0, 0.05) is 16.1 Å². The van der Waals surface area contributed by atoms with E-state index >= 15 is 0 Å². The van der Waals surface area contributed by atoms with Crippen molar-refractivity contribution in [2.24, 2.45) is 5.73 Å². The minimum atomic E-state index is -0.351. The Kier molecular flexibility index (Phi) is 4.95. The third kappa shape index (κ3) is 3.47. The van der Waals surface area contributed by atoms with Crippen LogP contribution in [0.15, 0.2) is 46.9 Å². The van der Waals surface area contributed by atoms with Crippen LogP contribution in [0.3, 0.4) is 0 Å². The van der Waals surface area contributed by atoms with Crippen LogP contribution in [0.1, 0.15) is 42.5 Å². The van der Waals surface area contributed by atoms with E-state index in [0.29, 0.717) is 17.9 Å². The molecule has 106 valence electrons. The molecule has 0 radical (unpaired) electrons. The van der Waals surface area contributed by atoms with E-state index in [2.05, 4.69) is 54.0 Å². The summed E-state index contributed by atoms with van der Waals surface area (Å²) in [6, 6.07) is 13.0. The summed E-state index contributed by atoms with van der Waals surface area (Å²) in [7, 11) is 0. The number of nitrogens with two attached hydrogens (primary N) is 1. The molecule has 0 heterocycles. The van der Waals surface area contributed by atoms with E-state index < -0.39 is 0 Å². The van der Waals surface area contributed by atoms with Crippen LogP contribution in [0.5, 0.6) is 0 Å². The number of benzene rings is 2. The van der Waals surface area contributed by atoms with Crippen LogP contribution < -0.4 is 5.73 Å². The largest absolute Gasteiger partial charge is 0.324 e. The monoisotopic (exact) mass is 335 g/mol. The van der Waals surface area contributed by atoms with Gasteiger partial charge in [-0.05, 0) is 35.6 Å². The lowest BCUT2D eigenvalue weighted by Gasteiger charge is -2.15. The first-order chi connectivity index (χ1) is 9.49. The van der Waals surface area contributed by atoms with E-state index in [0.717, 1.165) is 10.0 Å². The molecule has 0 aliphatic heterocycles. The van der Waals surface area contributed by atoms with Crippen molar-refractivity contribution < 1.29 is 4.39 Å². The van der Waals surface area contributed by atoms with Crippen molar-refractivity contribution in [3.05, 3.63) is 69.4 Å². The molecule has 3 heteroatoms. The normalized spacial score (nSPS) is 12.7. The summed E-state index contributed by atoms with van der Waals surface area (Å²) >= 11 is 3.37. The van der Waals surface area contributed by atoms with Crippen molar-refractivity contribution in [1.29, 1.82) is 0 Å². The average Bonchev–Trinajstić information content (AvgIpc) is 2.39. The molecule has 20 heavy (non-hydrogen) atoms. The molecule has 0 aromatic heterocycles. The second kappa shape index (κ2) is 6.51. The zero-order valence-corrected chi connectivity index (χ0v) is 13.3. The molecule has 0 aliphatic carbocycles. The molecule has 1 unspecified atom stereocenters. The van der Waals surface area contributed by atoms with E-state index in [4.69, 9.17) is 5.73 Å². The van der Waals surface area contributed by atoms with Gasteiger partial charge in [0.25, 0.3) is 0 Å². The molecule has 0 aliphatic rings. The molecule has 0 amide bonds. The molecule has 0 bridgehead atoms. The molecule has 2 rings (SSSR count). The molecular formula is C17H19BrFN. The molecule has 0 fully saturated rings. The Hall–Kier alpha value is -1.19. The summed E-state index contributed by atoms with van der Waals surface area (Å²) in [5.41, 5.74) is 9.12.